The molecule has 3 aromatic carbocycles. The van der Waals surface area contributed by atoms with Gasteiger partial charge in [0, 0.05) is 27.5 Å². The first-order chi connectivity index (χ1) is 21.9. The number of methoxy groups -OCH3 is 3. The van der Waals surface area contributed by atoms with Gasteiger partial charge < -0.3 is 39.3 Å². The highest BCUT2D eigenvalue weighted by Gasteiger charge is 2.59. The summed E-state index contributed by atoms with van der Waals surface area (Å²) in [6, 6.07) is 30.9. The molecule has 0 bridgehead atoms. The lowest BCUT2D eigenvalue weighted by molar-refractivity contribution is -0.389. The normalized spacial score (nSPS) is 20.4. The Morgan fingerprint density at radius 3 is 1.84 bits per heavy atom. The summed E-state index contributed by atoms with van der Waals surface area (Å²) < 4.78 is 37.8. The molecule has 1 aromatic heterocycles. The van der Waals surface area contributed by atoms with Gasteiger partial charge in [0.25, 0.3) is 0 Å². The van der Waals surface area contributed by atoms with E-state index in [-0.39, 0.29) is 25.6 Å². The molecule has 4 atom stereocenters. The van der Waals surface area contributed by atoms with E-state index in [4.69, 9.17) is 34.2 Å². The fraction of sp³-hybridized carbons (Fsp3) is 0.353. The molecule has 5 rings (SSSR count). The van der Waals surface area contributed by atoms with Crippen LogP contribution in [0.5, 0.6) is 0 Å². The maximum Gasteiger partial charge on any atom is 0.351 e. The van der Waals surface area contributed by atoms with E-state index in [1.807, 2.05) is 91.0 Å². The van der Waals surface area contributed by atoms with Crippen LogP contribution in [0.4, 0.5) is 5.82 Å². The minimum absolute atomic E-state index is 0.0654. The maximum atomic E-state index is 12.8. The summed E-state index contributed by atoms with van der Waals surface area (Å²) in [5.74, 6) is -1.71. The number of aliphatic hydroxyl groups excluding tert-OH is 1. The number of nitrogens with zero attached hydrogens (tertiary/aromatic N) is 2. The molecule has 1 aliphatic rings. The molecule has 238 valence electrons. The van der Waals surface area contributed by atoms with Crippen molar-refractivity contribution in [3.05, 3.63) is 130 Å². The van der Waals surface area contributed by atoms with Gasteiger partial charge in [-0.25, -0.2) is 4.79 Å². The van der Waals surface area contributed by atoms with E-state index in [0.29, 0.717) is 0 Å². The quantitative estimate of drug-likeness (QED) is 0.123. The Balaban J connectivity index is 1.57. The van der Waals surface area contributed by atoms with Crippen LogP contribution in [-0.2, 0) is 33.8 Å². The smallest absolute Gasteiger partial charge is 0.351 e. The van der Waals surface area contributed by atoms with E-state index < -0.39 is 41.6 Å². The molecule has 1 saturated heterocycles. The average molecular weight is 618 g/mol. The number of aliphatic hydroxyl groups is 1. The number of ether oxygens (including phenoxy) is 6. The fourth-order valence-electron chi connectivity index (χ4n) is 6.05. The Kier molecular flexibility index (Phi) is 10.4. The summed E-state index contributed by atoms with van der Waals surface area (Å²) in [6.07, 6.45) is -2.68. The molecule has 0 spiro atoms. The number of anilines is 1. The molecule has 4 aromatic rings. The highest BCUT2D eigenvalue weighted by atomic mass is 16.9. The summed E-state index contributed by atoms with van der Waals surface area (Å²) in [6.45, 7) is 0.229. The molecule has 0 radical (unpaired) electrons. The Hall–Kier alpha value is -3.94. The van der Waals surface area contributed by atoms with Crippen LogP contribution in [0.2, 0.25) is 0 Å². The second-order valence-corrected chi connectivity index (χ2v) is 10.5. The number of hydrogen-bond donors (Lipinski definition) is 2. The van der Waals surface area contributed by atoms with Crippen LogP contribution >= 0.6 is 0 Å². The highest BCUT2D eigenvalue weighted by molar-refractivity contribution is 5.52. The van der Waals surface area contributed by atoms with Crippen LogP contribution in [0.15, 0.2) is 108 Å². The van der Waals surface area contributed by atoms with E-state index >= 15 is 0 Å². The van der Waals surface area contributed by atoms with Gasteiger partial charge in [-0.05, 0) is 22.8 Å². The summed E-state index contributed by atoms with van der Waals surface area (Å²) in [5.41, 5.74) is 6.45. The number of aromatic nitrogens is 2. The van der Waals surface area contributed by atoms with E-state index in [2.05, 4.69) is 4.98 Å². The van der Waals surface area contributed by atoms with Crippen molar-refractivity contribution in [3.8, 4) is 0 Å². The molecule has 3 N–H and O–H groups in total. The van der Waals surface area contributed by atoms with Gasteiger partial charge in [0.05, 0.1) is 19.8 Å². The van der Waals surface area contributed by atoms with Gasteiger partial charge in [0.15, 0.2) is 6.23 Å². The number of rotatable bonds is 14. The molecule has 45 heavy (non-hydrogen) atoms. The molecule has 1 aliphatic heterocycles. The van der Waals surface area contributed by atoms with Crippen molar-refractivity contribution in [2.75, 3.05) is 46.9 Å². The Morgan fingerprint density at radius 1 is 0.844 bits per heavy atom. The van der Waals surface area contributed by atoms with Crippen molar-refractivity contribution in [1.29, 1.82) is 0 Å². The number of hydrogen-bond acceptors (Lipinski definition) is 10. The molecule has 0 aliphatic carbocycles. The lowest BCUT2D eigenvalue weighted by Crippen LogP contribution is -2.58. The lowest BCUT2D eigenvalue weighted by Gasteiger charge is -2.48. The van der Waals surface area contributed by atoms with E-state index in [9.17, 15) is 9.90 Å². The zero-order chi connectivity index (χ0) is 31.9. The summed E-state index contributed by atoms with van der Waals surface area (Å²) in [4.78, 5) is 16.6. The van der Waals surface area contributed by atoms with Gasteiger partial charge in [-0.2, -0.15) is 4.98 Å². The van der Waals surface area contributed by atoms with Crippen LogP contribution in [0, 0.1) is 0 Å². The van der Waals surface area contributed by atoms with Crippen LogP contribution in [-0.4, -0.2) is 80.1 Å². The molecule has 0 amide bonds. The highest BCUT2D eigenvalue weighted by Crippen LogP contribution is 2.50. The molecule has 2 heterocycles. The Labute approximate surface area is 262 Å². The third-order valence-corrected chi connectivity index (χ3v) is 8.09. The van der Waals surface area contributed by atoms with Crippen LogP contribution in [0.25, 0.3) is 0 Å². The predicted molar refractivity (Wildman–Crippen MR) is 166 cm³/mol. The first kappa shape index (κ1) is 32.5. The summed E-state index contributed by atoms with van der Waals surface area (Å²) in [7, 11) is 4.57. The summed E-state index contributed by atoms with van der Waals surface area (Å²) in [5, 5.41) is 11.5. The molecule has 11 heteroatoms. The molecule has 0 unspecified atom stereocenters. The van der Waals surface area contributed by atoms with Gasteiger partial charge in [-0.3, -0.25) is 4.57 Å². The van der Waals surface area contributed by atoms with Gasteiger partial charge >= 0.3 is 11.7 Å². The molecule has 11 nitrogen and oxygen atoms in total. The molecule has 0 saturated carbocycles. The van der Waals surface area contributed by atoms with Crippen molar-refractivity contribution in [2.24, 2.45) is 0 Å². The van der Waals surface area contributed by atoms with Gasteiger partial charge in [0.1, 0.15) is 29.5 Å². The van der Waals surface area contributed by atoms with Crippen molar-refractivity contribution in [3.63, 3.8) is 0 Å². The second kappa shape index (κ2) is 14.4. The minimum atomic E-state index is -1.77. The summed E-state index contributed by atoms with van der Waals surface area (Å²) >= 11 is 0. The van der Waals surface area contributed by atoms with Gasteiger partial charge in [-0.15, -0.1) is 0 Å². The van der Waals surface area contributed by atoms with Gasteiger partial charge in [-0.1, -0.05) is 91.0 Å². The van der Waals surface area contributed by atoms with Crippen molar-refractivity contribution in [1.82, 2.24) is 9.55 Å². The van der Waals surface area contributed by atoms with Crippen molar-refractivity contribution in [2.45, 2.75) is 35.9 Å². The fourth-order valence-corrected chi connectivity index (χ4v) is 6.05. The zero-order valence-electron chi connectivity index (χ0n) is 25.5. The lowest BCUT2D eigenvalue weighted by atomic mass is 9.67. The third kappa shape index (κ3) is 6.16. The van der Waals surface area contributed by atoms with Gasteiger partial charge in [0.2, 0.25) is 0 Å². The minimum Gasteiger partial charge on any atom is -0.387 e. The average Bonchev–Trinajstić information content (AvgIpc) is 3.38. The third-order valence-electron chi connectivity index (χ3n) is 8.09. The topological polar surface area (TPSA) is 137 Å². The van der Waals surface area contributed by atoms with Crippen LogP contribution < -0.4 is 11.4 Å². The van der Waals surface area contributed by atoms with E-state index in [1.165, 1.54) is 31.0 Å². The Morgan fingerprint density at radius 2 is 1.38 bits per heavy atom. The predicted octanol–water partition coefficient (Wildman–Crippen LogP) is 3.11. The van der Waals surface area contributed by atoms with E-state index in [1.54, 1.807) is 7.11 Å². The number of nitrogens with two attached hydrogens (primary N) is 1. The van der Waals surface area contributed by atoms with E-state index in [0.717, 1.165) is 16.7 Å². The standard InChI is InChI=1S/C34H39N3O8/c1-40-21-22-43-30-29(38)27(45-31(30)37-20-19-28(35)36-32(37)39)23-44-34(41-2,42-3)33(24-13-7-4-8-14-24,25-15-9-5-10-16-25)26-17-11-6-12-18-26/h4-20,27,29-31,38H,21-23H2,1-3H3,(H2,35,36,39)/t27-,29-,30-,31-/m1/s1. The van der Waals surface area contributed by atoms with Crippen LogP contribution in [0.1, 0.15) is 22.9 Å². The zero-order valence-corrected chi connectivity index (χ0v) is 25.5. The molecular weight excluding hydrogens is 578 g/mol. The molecular formula is C34H39N3O8. The number of benzene rings is 3. The monoisotopic (exact) mass is 617 g/mol. The first-order valence-corrected chi connectivity index (χ1v) is 14.6. The largest absolute Gasteiger partial charge is 0.387 e. The molecule has 1 fully saturated rings. The SMILES string of the molecule is COCCO[C@@H]1[C@H](O)[C@@H](COC(OC)(OC)C(c2ccccc2)(c2ccccc2)c2ccccc2)O[C@H]1n1ccc(N)nc1=O. The van der Waals surface area contributed by atoms with Crippen LogP contribution in [0.3, 0.4) is 0 Å². The Bertz CT molecular complexity index is 1450. The van der Waals surface area contributed by atoms with Crippen molar-refractivity contribution >= 4 is 5.82 Å². The first-order valence-electron chi connectivity index (χ1n) is 14.6. The second-order valence-electron chi connectivity index (χ2n) is 10.5. The van der Waals surface area contributed by atoms with Crippen molar-refractivity contribution < 1.29 is 33.5 Å². The maximum absolute atomic E-state index is 12.8. The number of nitrogen functional groups attached to an aromatic ring is 1.